The standard InChI is InChI=1S/C22H35N5OS/c1-2-23-22(27-8-7-21(18-27)25-9-13-28-14-10-25)24-17-19-3-5-20(6-4-19)26-11-15-29-16-12-26/h3-6,21H,2,7-18H2,1H3,(H,23,24). The first-order valence-electron chi connectivity index (χ1n) is 11.1. The number of hydrogen-bond acceptors (Lipinski definition) is 5. The lowest BCUT2D eigenvalue weighted by atomic mass is 10.2. The maximum Gasteiger partial charge on any atom is 0.194 e. The summed E-state index contributed by atoms with van der Waals surface area (Å²) in [6.45, 7) is 12.1. The monoisotopic (exact) mass is 417 g/mol. The average molecular weight is 418 g/mol. The van der Waals surface area contributed by atoms with Crippen LogP contribution in [-0.4, -0.2) is 92.3 Å². The fraction of sp³-hybridized carbons (Fsp3) is 0.682. The molecule has 3 heterocycles. The molecule has 1 aromatic carbocycles. The van der Waals surface area contributed by atoms with Gasteiger partial charge in [0.25, 0.3) is 0 Å². The molecule has 0 aromatic heterocycles. The zero-order chi connectivity index (χ0) is 19.9. The minimum absolute atomic E-state index is 0.629. The highest BCUT2D eigenvalue weighted by molar-refractivity contribution is 7.99. The molecule has 1 aromatic rings. The third-order valence-electron chi connectivity index (χ3n) is 6.08. The zero-order valence-electron chi connectivity index (χ0n) is 17.7. The highest BCUT2D eigenvalue weighted by Gasteiger charge is 2.30. The fourth-order valence-electron chi connectivity index (χ4n) is 4.40. The number of rotatable bonds is 5. The molecule has 3 fully saturated rings. The van der Waals surface area contributed by atoms with E-state index in [1.807, 2.05) is 0 Å². The number of ether oxygens (including phenoxy) is 1. The predicted octanol–water partition coefficient (Wildman–Crippen LogP) is 2.11. The van der Waals surface area contributed by atoms with E-state index in [1.165, 1.54) is 29.2 Å². The molecule has 0 bridgehead atoms. The van der Waals surface area contributed by atoms with Crippen LogP contribution in [0.3, 0.4) is 0 Å². The molecule has 0 saturated carbocycles. The van der Waals surface area contributed by atoms with Crippen molar-refractivity contribution in [3.63, 3.8) is 0 Å². The quantitative estimate of drug-likeness (QED) is 0.585. The normalized spacial score (nSPS) is 24.2. The van der Waals surface area contributed by atoms with Gasteiger partial charge in [-0.3, -0.25) is 4.90 Å². The van der Waals surface area contributed by atoms with Crippen molar-refractivity contribution in [3.05, 3.63) is 29.8 Å². The molecule has 3 saturated heterocycles. The summed E-state index contributed by atoms with van der Waals surface area (Å²) in [6.07, 6.45) is 1.22. The number of nitrogens with one attached hydrogen (secondary N) is 1. The van der Waals surface area contributed by atoms with Gasteiger partial charge in [0.1, 0.15) is 0 Å². The molecule has 0 amide bonds. The third-order valence-corrected chi connectivity index (χ3v) is 7.03. The number of likely N-dealkylation sites (tertiary alicyclic amines) is 1. The van der Waals surface area contributed by atoms with Crippen molar-refractivity contribution in [2.75, 3.05) is 75.4 Å². The van der Waals surface area contributed by atoms with Crippen LogP contribution in [0.25, 0.3) is 0 Å². The van der Waals surface area contributed by atoms with Crippen LogP contribution >= 0.6 is 11.8 Å². The van der Waals surface area contributed by atoms with E-state index in [0.717, 1.165) is 71.5 Å². The van der Waals surface area contributed by atoms with E-state index in [2.05, 4.69) is 63.0 Å². The molecule has 29 heavy (non-hydrogen) atoms. The molecule has 3 aliphatic heterocycles. The van der Waals surface area contributed by atoms with Crippen LogP contribution in [0.1, 0.15) is 18.9 Å². The number of nitrogens with zero attached hydrogens (tertiary/aromatic N) is 4. The second-order valence-corrected chi connectivity index (χ2v) is 9.20. The Kier molecular flexibility index (Phi) is 7.57. The minimum Gasteiger partial charge on any atom is -0.379 e. The largest absolute Gasteiger partial charge is 0.379 e. The summed E-state index contributed by atoms with van der Waals surface area (Å²) in [6, 6.07) is 9.63. The van der Waals surface area contributed by atoms with Crippen LogP contribution in [0, 0.1) is 0 Å². The lowest BCUT2D eigenvalue weighted by molar-refractivity contribution is 0.0195. The number of guanidine groups is 1. The second-order valence-electron chi connectivity index (χ2n) is 7.97. The van der Waals surface area contributed by atoms with Gasteiger partial charge in [-0.1, -0.05) is 12.1 Å². The van der Waals surface area contributed by atoms with Crippen molar-refractivity contribution < 1.29 is 4.74 Å². The molecule has 7 heteroatoms. The molecule has 0 spiro atoms. The molecule has 4 rings (SSSR count). The van der Waals surface area contributed by atoms with Gasteiger partial charge in [0, 0.05) is 69.0 Å². The third kappa shape index (κ3) is 5.58. The maximum absolute atomic E-state index is 5.51. The van der Waals surface area contributed by atoms with Crippen molar-refractivity contribution in [1.29, 1.82) is 0 Å². The van der Waals surface area contributed by atoms with Gasteiger partial charge in [-0.05, 0) is 31.0 Å². The number of thioether (sulfide) groups is 1. The van der Waals surface area contributed by atoms with E-state index in [0.29, 0.717) is 6.04 Å². The number of benzene rings is 1. The molecule has 6 nitrogen and oxygen atoms in total. The Hall–Kier alpha value is -1.44. The van der Waals surface area contributed by atoms with E-state index < -0.39 is 0 Å². The first kappa shape index (κ1) is 20.8. The van der Waals surface area contributed by atoms with Crippen LogP contribution in [0.2, 0.25) is 0 Å². The number of hydrogen-bond donors (Lipinski definition) is 1. The first-order chi connectivity index (χ1) is 14.3. The van der Waals surface area contributed by atoms with Gasteiger partial charge in [0.15, 0.2) is 5.96 Å². The fourth-order valence-corrected chi connectivity index (χ4v) is 5.30. The molecule has 3 aliphatic rings. The summed E-state index contributed by atoms with van der Waals surface area (Å²) in [4.78, 5) is 12.5. The highest BCUT2D eigenvalue weighted by atomic mass is 32.2. The lowest BCUT2D eigenvalue weighted by Crippen LogP contribution is -2.46. The molecule has 160 valence electrons. The Balaban J connectivity index is 1.34. The highest BCUT2D eigenvalue weighted by Crippen LogP contribution is 2.21. The first-order valence-corrected chi connectivity index (χ1v) is 12.3. The maximum atomic E-state index is 5.51. The molecule has 1 atom stereocenters. The summed E-state index contributed by atoms with van der Waals surface area (Å²) >= 11 is 2.05. The Labute approximate surface area is 179 Å². The topological polar surface area (TPSA) is 43.3 Å². The van der Waals surface area contributed by atoms with Crippen LogP contribution in [0.15, 0.2) is 29.3 Å². The molecular weight excluding hydrogens is 382 g/mol. The van der Waals surface area contributed by atoms with Crippen molar-refractivity contribution in [1.82, 2.24) is 15.1 Å². The van der Waals surface area contributed by atoms with Crippen molar-refractivity contribution >= 4 is 23.4 Å². The van der Waals surface area contributed by atoms with Crippen molar-refractivity contribution in [2.24, 2.45) is 4.99 Å². The van der Waals surface area contributed by atoms with Crippen LogP contribution < -0.4 is 10.2 Å². The summed E-state index contributed by atoms with van der Waals surface area (Å²) in [5, 5.41) is 3.50. The summed E-state index contributed by atoms with van der Waals surface area (Å²) < 4.78 is 5.51. The summed E-state index contributed by atoms with van der Waals surface area (Å²) in [5.41, 5.74) is 2.62. The SMILES string of the molecule is CCNC(=NCc1ccc(N2CCSCC2)cc1)N1CCC(N2CCOCC2)C1. The number of anilines is 1. The van der Waals surface area contributed by atoms with Crippen molar-refractivity contribution in [2.45, 2.75) is 25.9 Å². The van der Waals surface area contributed by atoms with Gasteiger partial charge in [-0.2, -0.15) is 11.8 Å². The van der Waals surface area contributed by atoms with E-state index in [-0.39, 0.29) is 0 Å². The van der Waals surface area contributed by atoms with Crippen LogP contribution in [0.4, 0.5) is 5.69 Å². The minimum atomic E-state index is 0.629. The Bertz CT molecular complexity index is 656. The van der Waals surface area contributed by atoms with Gasteiger partial charge in [0.05, 0.1) is 19.8 Å². The van der Waals surface area contributed by atoms with E-state index in [9.17, 15) is 0 Å². The van der Waals surface area contributed by atoms with Gasteiger partial charge < -0.3 is 19.9 Å². The van der Waals surface area contributed by atoms with Gasteiger partial charge in [0.2, 0.25) is 0 Å². The van der Waals surface area contributed by atoms with E-state index in [4.69, 9.17) is 9.73 Å². The summed E-state index contributed by atoms with van der Waals surface area (Å²) in [5.74, 6) is 3.53. The van der Waals surface area contributed by atoms with Gasteiger partial charge in [-0.15, -0.1) is 0 Å². The Morgan fingerprint density at radius 2 is 1.86 bits per heavy atom. The average Bonchev–Trinajstić information content (AvgIpc) is 3.28. The van der Waals surface area contributed by atoms with Crippen molar-refractivity contribution in [3.8, 4) is 0 Å². The Morgan fingerprint density at radius 3 is 2.59 bits per heavy atom. The second kappa shape index (κ2) is 10.5. The van der Waals surface area contributed by atoms with E-state index >= 15 is 0 Å². The summed E-state index contributed by atoms with van der Waals surface area (Å²) in [7, 11) is 0. The molecule has 0 aliphatic carbocycles. The van der Waals surface area contributed by atoms with Crippen LogP contribution in [-0.2, 0) is 11.3 Å². The lowest BCUT2D eigenvalue weighted by Gasteiger charge is -2.32. The molecular formula is C22H35N5OS. The van der Waals surface area contributed by atoms with Gasteiger partial charge in [-0.25, -0.2) is 4.99 Å². The smallest absolute Gasteiger partial charge is 0.194 e. The Morgan fingerprint density at radius 1 is 1.10 bits per heavy atom. The molecule has 1 unspecified atom stereocenters. The van der Waals surface area contributed by atoms with Gasteiger partial charge >= 0.3 is 0 Å². The molecule has 1 N–H and O–H groups in total. The predicted molar refractivity (Wildman–Crippen MR) is 123 cm³/mol. The van der Waals surface area contributed by atoms with Crippen LogP contribution in [0.5, 0.6) is 0 Å². The number of morpholine rings is 1. The molecule has 0 radical (unpaired) electrons. The zero-order valence-corrected chi connectivity index (χ0v) is 18.5. The number of aliphatic imine (C=N–C) groups is 1. The van der Waals surface area contributed by atoms with E-state index in [1.54, 1.807) is 0 Å².